The van der Waals surface area contributed by atoms with E-state index in [1.165, 1.54) is 30.6 Å². The van der Waals surface area contributed by atoms with Crippen molar-refractivity contribution >= 4 is 28.2 Å². The van der Waals surface area contributed by atoms with Crippen LogP contribution in [-0.2, 0) is 22.4 Å². The summed E-state index contributed by atoms with van der Waals surface area (Å²) in [5.41, 5.74) is 1.45. The molecule has 0 radical (unpaired) electrons. The van der Waals surface area contributed by atoms with E-state index in [9.17, 15) is 23.6 Å². The predicted molar refractivity (Wildman–Crippen MR) is 109 cm³/mol. The Kier molecular flexibility index (Phi) is 7.07. The Morgan fingerprint density at radius 1 is 1.35 bits per heavy atom. The lowest BCUT2D eigenvalue weighted by atomic mass is 9.89. The molecule has 0 saturated heterocycles. The molecule has 0 fully saturated rings. The molecule has 164 valence electrons. The Bertz CT molecular complexity index is 1030. The molecule has 3 rings (SSSR count). The molecule has 1 atom stereocenters. The molecule has 10 heteroatoms. The zero-order valence-corrected chi connectivity index (χ0v) is 17.7. The number of fused-ring (bicyclic) bond motifs is 1. The van der Waals surface area contributed by atoms with Crippen LogP contribution in [0, 0.1) is 17.2 Å². The van der Waals surface area contributed by atoms with E-state index in [0.717, 1.165) is 35.8 Å². The third kappa shape index (κ3) is 5.30. The van der Waals surface area contributed by atoms with Crippen molar-refractivity contribution < 1.29 is 32.6 Å². The minimum absolute atomic E-state index is 0.00422. The summed E-state index contributed by atoms with van der Waals surface area (Å²) in [5, 5.41) is 12.6. The van der Waals surface area contributed by atoms with Gasteiger partial charge in [0.05, 0.1) is 18.2 Å². The van der Waals surface area contributed by atoms with Crippen molar-refractivity contribution in [2.45, 2.75) is 32.8 Å². The minimum Gasteiger partial charge on any atom is -0.493 e. The number of nitrogens with one attached hydrogen (secondary N) is 1. The number of hydrogen-bond acceptors (Lipinski definition) is 7. The highest BCUT2D eigenvalue weighted by Gasteiger charge is 2.25. The molecule has 1 aliphatic carbocycles. The van der Waals surface area contributed by atoms with Gasteiger partial charge in [0.25, 0.3) is 5.91 Å². The van der Waals surface area contributed by atoms with E-state index in [1.54, 1.807) is 0 Å². The maximum Gasteiger partial charge on any atom is 0.387 e. The second-order valence-electron chi connectivity index (χ2n) is 7.04. The average Bonchev–Trinajstić information content (AvgIpc) is 3.07. The van der Waals surface area contributed by atoms with Crippen LogP contribution in [0.25, 0.3) is 0 Å². The van der Waals surface area contributed by atoms with Crippen molar-refractivity contribution in [1.82, 2.24) is 0 Å². The molecule has 0 unspecified atom stereocenters. The smallest absolute Gasteiger partial charge is 0.387 e. The average molecular weight is 450 g/mol. The topological polar surface area (TPSA) is 97.6 Å². The van der Waals surface area contributed by atoms with Gasteiger partial charge in [0.15, 0.2) is 18.1 Å². The molecular formula is C21H20F2N2O5S. The molecule has 2 aromatic rings. The number of ether oxygens (including phenoxy) is 3. The number of carbonyl (C=O) groups is 2. The van der Waals surface area contributed by atoms with Crippen LogP contribution in [0.4, 0.5) is 13.8 Å². The lowest BCUT2D eigenvalue weighted by molar-refractivity contribution is -0.119. The SMILES string of the molecule is COc1cc(C(=O)OCC(=O)Nc2sc3c(c2C#N)CC[C@H](C)C3)ccc1OC(F)F. The molecule has 1 aromatic carbocycles. The van der Waals surface area contributed by atoms with E-state index in [4.69, 9.17) is 9.47 Å². The first-order valence-electron chi connectivity index (χ1n) is 9.46. The number of carbonyl (C=O) groups excluding carboxylic acids is 2. The lowest BCUT2D eigenvalue weighted by Gasteiger charge is -2.17. The number of thiophene rings is 1. The first-order valence-corrected chi connectivity index (χ1v) is 10.3. The fourth-order valence-electron chi connectivity index (χ4n) is 3.32. The van der Waals surface area contributed by atoms with Crippen molar-refractivity contribution in [3.05, 3.63) is 39.8 Å². The molecule has 1 N–H and O–H groups in total. The summed E-state index contributed by atoms with van der Waals surface area (Å²) in [7, 11) is 1.24. The predicted octanol–water partition coefficient (Wildman–Crippen LogP) is 4.15. The molecular weight excluding hydrogens is 430 g/mol. The van der Waals surface area contributed by atoms with Crippen LogP contribution in [0.5, 0.6) is 11.5 Å². The Balaban J connectivity index is 1.63. The van der Waals surface area contributed by atoms with E-state index < -0.39 is 25.1 Å². The molecule has 0 spiro atoms. The number of nitrogens with zero attached hydrogens (tertiary/aromatic N) is 1. The van der Waals surface area contributed by atoms with Crippen LogP contribution in [0.3, 0.4) is 0 Å². The maximum absolute atomic E-state index is 12.4. The van der Waals surface area contributed by atoms with Gasteiger partial charge in [-0.25, -0.2) is 4.79 Å². The van der Waals surface area contributed by atoms with Gasteiger partial charge in [0.2, 0.25) is 0 Å². The molecule has 0 aliphatic heterocycles. The van der Waals surface area contributed by atoms with E-state index in [-0.39, 0.29) is 17.1 Å². The van der Waals surface area contributed by atoms with Crippen LogP contribution in [0.15, 0.2) is 18.2 Å². The highest BCUT2D eigenvalue weighted by molar-refractivity contribution is 7.16. The van der Waals surface area contributed by atoms with E-state index in [0.29, 0.717) is 16.5 Å². The van der Waals surface area contributed by atoms with Gasteiger partial charge in [0, 0.05) is 4.88 Å². The molecule has 1 aliphatic rings. The summed E-state index contributed by atoms with van der Waals surface area (Å²) in [6.07, 6.45) is 2.66. The highest BCUT2D eigenvalue weighted by atomic mass is 32.1. The van der Waals surface area contributed by atoms with Gasteiger partial charge in [-0.2, -0.15) is 14.0 Å². The van der Waals surface area contributed by atoms with Gasteiger partial charge < -0.3 is 19.5 Å². The van der Waals surface area contributed by atoms with E-state index in [2.05, 4.69) is 23.0 Å². The lowest BCUT2D eigenvalue weighted by Crippen LogP contribution is -2.21. The largest absolute Gasteiger partial charge is 0.493 e. The van der Waals surface area contributed by atoms with Crippen molar-refractivity contribution in [3.63, 3.8) is 0 Å². The number of nitriles is 1. The number of halogens is 2. The Hall–Kier alpha value is -3.19. The fraction of sp³-hybridized carbons (Fsp3) is 0.381. The molecule has 0 saturated carbocycles. The molecule has 1 heterocycles. The zero-order chi connectivity index (χ0) is 22.5. The molecule has 7 nitrogen and oxygen atoms in total. The maximum atomic E-state index is 12.4. The van der Waals surface area contributed by atoms with Gasteiger partial charge in [-0.3, -0.25) is 4.79 Å². The quantitative estimate of drug-likeness (QED) is 0.637. The first kappa shape index (κ1) is 22.5. The third-order valence-corrected chi connectivity index (χ3v) is 6.00. The second-order valence-corrected chi connectivity index (χ2v) is 8.14. The van der Waals surface area contributed by atoms with Crippen LogP contribution in [-0.4, -0.2) is 32.2 Å². The molecule has 1 aromatic heterocycles. The summed E-state index contributed by atoms with van der Waals surface area (Å²) in [4.78, 5) is 25.6. The number of alkyl halides is 2. The number of anilines is 1. The second kappa shape index (κ2) is 9.75. The van der Waals surface area contributed by atoms with Gasteiger partial charge in [-0.1, -0.05) is 6.92 Å². The van der Waals surface area contributed by atoms with Crippen LogP contribution < -0.4 is 14.8 Å². The van der Waals surface area contributed by atoms with Crippen LogP contribution >= 0.6 is 11.3 Å². The zero-order valence-electron chi connectivity index (χ0n) is 16.9. The van der Waals surface area contributed by atoms with Crippen molar-refractivity contribution in [2.75, 3.05) is 19.0 Å². The summed E-state index contributed by atoms with van der Waals surface area (Å²) in [6, 6.07) is 5.71. The van der Waals surface area contributed by atoms with E-state index in [1.807, 2.05) is 0 Å². The number of rotatable bonds is 7. The van der Waals surface area contributed by atoms with Crippen molar-refractivity contribution in [3.8, 4) is 17.6 Å². The third-order valence-electron chi connectivity index (χ3n) is 4.83. The van der Waals surface area contributed by atoms with Crippen LogP contribution in [0.2, 0.25) is 0 Å². The monoisotopic (exact) mass is 450 g/mol. The summed E-state index contributed by atoms with van der Waals surface area (Å²) in [5.74, 6) is -1.20. The summed E-state index contributed by atoms with van der Waals surface area (Å²) in [6.45, 7) is -1.46. The fourth-order valence-corrected chi connectivity index (χ4v) is 4.70. The van der Waals surface area contributed by atoms with Gasteiger partial charge in [-0.05, 0) is 48.9 Å². The number of hydrogen-bond donors (Lipinski definition) is 1. The normalized spacial score (nSPS) is 15.0. The Labute approximate surface area is 181 Å². The number of methoxy groups -OCH3 is 1. The van der Waals surface area contributed by atoms with Crippen LogP contribution in [0.1, 0.15) is 39.7 Å². The number of amides is 1. The van der Waals surface area contributed by atoms with E-state index >= 15 is 0 Å². The number of esters is 1. The summed E-state index contributed by atoms with van der Waals surface area (Å²) < 4.78 is 39.0. The molecule has 0 bridgehead atoms. The standard InChI is InChI=1S/C21H20F2N2O5S/c1-11-3-5-13-14(9-24)19(31-17(13)7-11)25-18(26)10-29-20(27)12-4-6-15(30-21(22)23)16(8-12)28-2/h4,6,8,11,21H,3,5,7,10H2,1-2H3,(H,25,26)/t11-/m0/s1. The summed E-state index contributed by atoms with van der Waals surface area (Å²) >= 11 is 1.37. The van der Waals surface area contributed by atoms with Crippen molar-refractivity contribution in [2.24, 2.45) is 5.92 Å². The van der Waals surface area contributed by atoms with Crippen molar-refractivity contribution in [1.29, 1.82) is 5.26 Å². The molecule has 31 heavy (non-hydrogen) atoms. The highest BCUT2D eigenvalue weighted by Crippen LogP contribution is 2.39. The minimum atomic E-state index is -3.04. The van der Waals surface area contributed by atoms with Gasteiger partial charge >= 0.3 is 12.6 Å². The van der Waals surface area contributed by atoms with Gasteiger partial charge in [0.1, 0.15) is 11.1 Å². The molecule has 1 amide bonds. The number of benzene rings is 1. The Morgan fingerprint density at radius 2 is 2.13 bits per heavy atom. The van der Waals surface area contributed by atoms with Gasteiger partial charge in [-0.15, -0.1) is 11.3 Å². The Morgan fingerprint density at radius 3 is 2.81 bits per heavy atom. The first-order chi connectivity index (χ1) is 14.8.